The second-order valence-corrected chi connectivity index (χ2v) is 6.48. The van der Waals surface area contributed by atoms with Crippen LogP contribution in [0.15, 0.2) is 53.0 Å². The molecule has 1 atom stereocenters. The van der Waals surface area contributed by atoms with Crippen molar-refractivity contribution >= 4 is 27.7 Å². The molecule has 2 N–H and O–H groups in total. The fraction of sp³-hybridized carbons (Fsp3) is 0.263. The van der Waals surface area contributed by atoms with Gasteiger partial charge in [-0.1, -0.05) is 41.1 Å². The van der Waals surface area contributed by atoms with E-state index in [-0.39, 0.29) is 6.61 Å². The first-order valence-electron chi connectivity index (χ1n) is 8.19. The summed E-state index contributed by atoms with van der Waals surface area (Å²) in [6.07, 6.45) is -0.241. The van der Waals surface area contributed by atoms with E-state index in [1.165, 1.54) is 0 Å². The summed E-state index contributed by atoms with van der Waals surface area (Å²) in [5.74, 6) is 0.308. The van der Waals surface area contributed by atoms with Crippen LogP contribution >= 0.6 is 15.9 Å². The van der Waals surface area contributed by atoms with E-state index >= 15 is 0 Å². The van der Waals surface area contributed by atoms with Crippen LogP contribution in [-0.4, -0.2) is 24.5 Å². The Hall–Kier alpha value is -2.54. The van der Waals surface area contributed by atoms with Gasteiger partial charge in [-0.05, 0) is 49.2 Å². The van der Waals surface area contributed by atoms with Gasteiger partial charge >= 0.3 is 0 Å². The average molecular weight is 421 g/mol. The maximum atomic E-state index is 12.2. The summed E-state index contributed by atoms with van der Waals surface area (Å²) in [5, 5.41) is 0. The van der Waals surface area contributed by atoms with Crippen LogP contribution in [0.3, 0.4) is 0 Å². The number of halogens is 1. The maximum absolute atomic E-state index is 12.2. The van der Waals surface area contributed by atoms with Gasteiger partial charge in [0.05, 0.1) is 0 Å². The van der Waals surface area contributed by atoms with Crippen molar-refractivity contribution in [1.29, 1.82) is 0 Å². The van der Waals surface area contributed by atoms with E-state index in [9.17, 15) is 9.59 Å². The highest BCUT2D eigenvalue weighted by Crippen LogP contribution is 2.19. The number of amides is 2. The topological polar surface area (TPSA) is 76.7 Å². The van der Waals surface area contributed by atoms with Gasteiger partial charge in [0, 0.05) is 4.47 Å². The van der Waals surface area contributed by atoms with E-state index in [0.717, 1.165) is 10.0 Å². The number of carbonyl (C=O) groups excluding carboxylic acids is 2. The molecule has 0 spiro atoms. The molecule has 0 saturated heterocycles. The molecule has 0 aliphatic rings. The average Bonchev–Trinajstić information content (AvgIpc) is 2.65. The first kappa shape index (κ1) is 19.8. The minimum Gasteiger partial charge on any atom is -0.484 e. The Bertz CT molecular complexity index is 749. The normalized spacial score (nSPS) is 11.3. The zero-order valence-electron chi connectivity index (χ0n) is 14.6. The molecule has 2 aromatic rings. The summed E-state index contributed by atoms with van der Waals surface area (Å²) in [6, 6.07) is 14.5. The Morgan fingerprint density at radius 3 is 2.42 bits per heavy atom. The third kappa shape index (κ3) is 6.07. The molecule has 0 aliphatic carbocycles. The van der Waals surface area contributed by atoms with Crippen molar-refractivity contribution < 1.29 is 19.1 Å². The zero-order valence-corrected chi connectivity index (χ0v) is 16.2. The molecule has 0 fully saturated rings. The molecular weight excluding hydrogens is 400 g/mol. The van der Waals surface area contributed by atoms with Crippen molar-refractivity contribution in [2.45, 2.75) is 26.4 Å². The molecule has 0 aromatic heterocycles. The number of carbonyl (C=O) groups is 2. The predicted molar refractivity (Wildman–Crippen MR) is 102 cm³/mol. The second kappa shape index (κ2) is 9.82. The lowest BCUT2D eigenvalue weighted by Crippen LogP contribution is -2.49. The van der Waals surface area contributed by atoms with Crippen molar-refractivity contribution in [2.24, 2.45) is 0 Å². The summed E-state index contributed by atoms with van der Waals surface area (Å²) in [4.78, 5) is 24.0. The van der Waals surface area contributed by atoms with Crippen molar-refractivity contribution in [1.82, 2.24) is 10.9 Å². The number of hydrazine groups is 1. The molecule has 0 bridgehead atoms. The largest absolute Gasteiger partial charge is 0.484 e. The van der Waals surface area contributed by atoms with E-state index < -0.39 is 17.9 Å². The summed E-state index contributed by atoms with van der Waals surface area (Å²) in [6.45, 7) is 3.53. The molecule has 1 unspecified atom stereocenters. The molecule has 7 heteroatoms. The number of rotatable bonds is 7. The van der Waals surface area contributed by atoms with Gasteiger partial charge < -0.3 is 9.47 Å². The molecular formula is C19H21BrN2O4. The molecule has 0 radical (unpaired) electrons. The highest BCUT2D eigenvalue weighted by atomic mass is 79.9. The summed E-state index contributed by atoms with van der Waals surface area (Å²) >= 11 is 3.32. The summed E-state index contributed by atoms with van der Waals surface area (Å²) in [5.41, 5.74) is 5.63. The Morgan fingerprint density at radius 1 is 1.08 bits per heavy atom. The van der Waals surface area contributed by atoms with Crippen molar-refractivity contribution in [3.8, 4) is 11.5 Å². The Kier molecular flexibility index (Phi) is 7.47. The first-order chi connectivity index (χ1) is 12.5. The SMILES string of the molecule is CCC(Oc1ccccc1C)C(=O)NNC(=O)COc1ccc(Br)cc1. The number of para-hydroxylation sites is 1. The zero-order chi connectivity index (χ0) is 18.9. The molecule has 0 heterocycles. The summed E-state index contributed by atoms with van der Waals surface area (Å²) in [7, 11) is 0. The molecule has 2 rings (SSSR count). The van der Waals surface area contributed by atoms with Crippen LogP contribution < -0.4 is 20.3 Å². The fourth-order valence-corrected chi connectivity index (χ4v) is 2.36. The molecule has 0 saturated carbocycles. The quantitative estimate of drug-likeness (QED) is 0.674. The van der Waals surface area contributed by atoms with Gasteiger partial charge in [0.25, 0.3) is 11.8 Å². The number of ether oxygens (including phenoxy) is 2. The Balaban J connectivity index is 1.79. The third-order valence-electron chi connectivity index (χ3n) is 3.53. The molecule has 2 aromatic carbocycles. The van der Waals surface area contributed by atoms with Crippen LogP contribution in [0.25, 0.3) is 0 Å². The smallest absolute Gasteiger partial charge is 0.279 e. The lowest BCUT2D eigenvalue weighted by Gasteiger charge is -2.18. The van der Waals surface area contributed by atoms with Gasteiger partial charge in [-0.25, -0.2) is 0 Å². The predicted octanol–water partition coefficient (Wildman–Crippen LogP) is 3.14. The number of nitrogens with one attached hydrogen (secondary N) is 2. The van der Waals surface area contributed by atoms with Gasteiger partial charge in [-0.3, -0.25) is 20.4 Å². The van der Waals surface area contributed by atoms with E-state index in [2.05, 4.69) is 26.8 Å². The van der Waals surface area contributed by atoms with Crippen LogP contribution in [-0.2, 0) is 9.59 Å². The van der Waals surface area contributed by atoms with E-state index in [4.69, 9.17) is 9.47 Å². The Morgan fingerprint density at radius 2 is 1.77 bits per heavy atom. The standard InChI is InChI=1S/C19H21BrN2O4/c1-3-16(26-17-7-5-4-6-13(17)2)19(24)22-21-18(23)12-25-15-10-8-14(20)9-11-15/h4-11,16H,3,12H2,1-2H3,(H,21,23)(H,22,24). The maximum Gasteiger partial charge on any atom is 0.279 e. The van der Waals surface area contributed by atoms with E-state index in [1.807, 2.05) is 44.2 Å². The number of aryl methyl sites for hydroxylation is 1. The highest BCUT2D eigenvalue weighted by Gasteiger charge is 2.19. The third-order valence-corrected chi connectivity index (χ3v) is 4.06. The van der Waals surface area contributed by atoms with Gasteiger partial charge in [0.1, 0.15) is 11.5 Å². The highest BCUT2D eigenvalue weighted by molar-refractivity contribution is 9.10. The van der Waals surface area contributed by atoms with Gasteiger partial charge in [0.2, 0.25) is 0 Å². The van der Waals surface area contributed by atoms with Gasteiger partial charge in [0.15, 0.2) is 12.7 Å². The monoisotopic (exact) mass is 420 g/mol. The first-order valence-corrected chi connectivity index (χ1v) is 8.98. The van der Waals surface area contributed by atoms with Crippen LogP contribution in [0.2, 0.25) is 0 Å². The van der Waals surface area contributed by atoms with Crippen molar-refractivity contribution in [2.75, 3.05) is 6.61 Å². The lowest BCUT2D eigenvalue weighted by molar-refractivity contribution is -0.134. The van der Waals surface area contributed by atoms with Gasteiger partial charge in [-0.15, -0.1) is 0 Å². The number of hydrogen-bond acceptors (Lipinski definition) is 4. The second-order valence-electron chi connectivity index (χ2n) is 5.56. The van der Waals surface area contributed by atoms with Crippen molar-refractivity contribution in [3.05, 3.63) is 58.6 Å². The van der Waals surface area contributed by atoms with Crippen LogP contribution in [0, 0.1) is 6.92 Å². The number of hydrogen-bond donors (Lipinski definition) is 2. The van der Waals surface area contributed by atoms with E-state index in [0.29, 0.717) is 17.9 Å². The van der Waals surface area contributed by atoms with Crippen LogP contribution in [0.4, 0.5) is 0 Å². The lowest BCUT2D eigenvalue weighted by atomic mass is 10.2. The number of benzene rings is 2. The fourth-order valence-electron chi connectivity index (χ4n) is 2.09. The summed E-state index contributed by atoms with van der Waals surface area (Å²) < 4.78 is 12.0. The minimum atomic E-state index is -0.705. The van der Waals surface area contributed by atoms with Crippen LogP contribution in [0.5, 0.6) is 11.5 Å². The van der Waals surface area contributed by atoms with E-state index in [1.54, 1.807) is 18.2 Å². The molecule has 0 aliphatic heterocycles. The van der Waals surface area contributed by atoms with Crippen molar-refractivity contribution in [3.63, 3.8) is 0 Å². The molecule has 2 amide bonds. The molecule has 138 valence electrons. The van der Waals surface area contributed by atoms with Gasteiger partial charge in [-0.2, -0.15) is 0 Å². The molecule has 26 heavy (non-hydrogen) atoms. The van der Waals surface area contributed by atoms with Crippen LogP contribution in [0.1, 0.15) is 18.9 Å². The Labute approximate surface area is 161 Å². The minimum absolute atomic E-state index is 0.211. The molecule has 6 nitrogen and oxygen atoms in total.